The van der Waals surface area contributed by atoms with Gasteiger partial charge in [-0.2, -0.15) is 5.26 Å². The van der Waals surface area contributed by atoms with Crippen molar-refractivity contribution in [1.29, 1.82) is 5.26 Å². The summed E-state index contributed by atoms with van der Waals surface area (Å²) in [5.74, 6) is 0.600. The van der Waals surface area contributed by atoms with Crippen molar-refractivity contribution in [2.24, 2.45) is 0 Å². The van der Waals surface area contributed by atoms with E-state index in [1.54, 1.807) is 17.5 Å². The van der Waals surface area contributed by atoms with Crippen molar-refractivity contribution in [2.45, 2.75) is 25.5 Å². The first kappa shape index (κ1) is 13.0. The van der Waals surface area contributed by atoms with Gasteiger partial charge in [0.2, 0.25) is 0 Å². The summed E-state index contributed by atoms with van der Waals surface area (Å²) in [5, 5.41) is 14.2. The predicted molar refractivity (Wildman–Crippen MR) is 76.5 cm³/mol. The second-order valence-electron chi connectivity index (χ2n) is 4.67. The smallest absolute Gasteiger partial charge is 0.161 e. The van der Waals surface area contributed by atoms with Crippen LogP contribution in [0.1, 0.15) is 29.2 Å². The fourth-order valence-corrected chi connectivity index (χ4v) is 3.29. The highest BCUT2D eigenvalue weighted by molar-refractivity contribution is 7.10. The van der Waals surface area contributed by atoms with E-state index in [9.17, 15) is 0 Å². The summed E-state index contributed by atoms with van der Waals surface area (Å²) in [6, 6.07) is 4.17. The summed E-state index contributed by atoms with van der Waals surface area (Å²) >= 11 is 1.78. The third-order valence-electron chi connectivity index (χ3n) is 3.29. The molecule has 3 heterocycles. The van der Waals surface area contributed by atoms with Gasteiger partial charge in [-0.1, -0.05) is 0 Å². The fourth-order valence-electron chi connectivity index (χ4n) is 2.39. The molecule has 2 aromatic heterocycles. The molecule has 0 bridgehead atoms. The summed E-state index contributed by atoms with van der Waals surface area (Å²) in [4.78, 5) is 9.58. The van der Waals surface area contributed by atoms with Gasteiger partial charge in [-0.15, -0.1) is 11.3 Å². The van der Waals surface area contributed by atoms with Gasteiger partial charge in [0.25, 0.3) is 0 Å². The second kappa shape index (κ2) is 5.57. The van der Waals surface area contributed by atoms with Crippen LogP contribution in [0.5, 0.6) is 0 Å². The predicted octanol–water partition coefficient (Wildman–Crippen LogP) is 2.52. The van der Waals surface area contributed by atoms with E-state index in [-0.39, 0.29) is 12.1 Å². The Balaban J connectivity index is 1.77. The third-order valence-corrected chi connectivity index (χ3v) is 4.29. The Labute approximate surface area is 121 Å². The molecule has 5 nitrogen and oxygen atoms in total. The van der Waals surface area contributed by atoms with E-state index >= 15 is 0 Å². The normalized spacial score (nSPS) is 18.9. The van der Waals surface area contributed by atoms with Crippen LogP contribution in [0.4, 0.5) is 5.82 Å². The average Bonchev–Trinajstić information content (AvgIpc) is 2.95. The second-order valence-corrected chi connectivity index (χ2v) is 5.68. The third kappa shape index (κ3) is 2.50. The van der Waals surface area contributed by atoms with Gasteiger partial charge in [0.15, 0.2) is 5.69 Å². The van der Waals surface area contributed by atoms with Crippen LogP contribution >= 0.6 is 11.3 Å². The maximum absolute atomic E-state index is 8.84. The van der Waals surface area contributed by atoms with Crippen LogP contribution in [0.25, 0.3) is 0 Å². The van der Waals surface area contributed by atoms with Gasteiger partial charge < -0.3 is 10.1 Å². The van der Waals surface area contributed by atoms with Crippen molar-refractivity contribution in [2.75, 3.05) is 11.9 Å². The molecule has 1 aliphatic heterocycles. The Hall–Kier alpha value is -1.97. The number of thiophene rings is 1. The molecule has 0 amide bonds. The van der Waals surface area contributed by atoms with Crippen LogP contribution in [-0.2, 0) is 11.2 Å². The monoisotopic (exact) mass is 286 g/mol. The molecular formula is C14H14N4OS. The molecule has 0 spiro atoms. The Morgan fingerprint density at radius 1 is 1.55 bits per heavy atom. The van der Waals surface area contributed by atoms with E-state index in [2.05, 4.69) is 33.7 Å². The zero-order valence-electron chi connectivity index (χ0n) is 11.0. The first-order chi connectivity index (χ1) is 9.78. The zero-order valence-corrected chi connectivity index (χ0v) is 11.9. The Morgan fingerprint density at radius 2 is 2.45 bits per heavy atom. The van der Waals surface area contributed by atoms with Crippen LogP contribution in [0, 0.1) is 11.3 Å². The standard InChI is InChI=1S/C14H14N4OS/c1-9(17-13-8-16-7-10(6-15)18-13)14-11-3-5-20-12(11)2-4-19-14/h3,5,7-9,14H,2,4H2,1H3,(H,17,18)/t9-,14-/m1/s1. The SMILES string of the molecule is C[C@@H](Nc1cncc(C#N)n1)[C@H]1OCCc2sccc21. The number of hydrogen-bond acceptors (Lipinski definition) is 6. The Morgan fingerprint density at radius 3 is 3.30 bits per heavy atom. The topological polar surface area (TPSA) is 70.8 Å². The minimum Gasteiger partial charge on any atom is -0.371 e. The molecule has 1 aliphatic rings. The zero-order chi connectivity index (χ0) is 13.9. The van der Waals surface area contributed by atoms with E-state index in [0.717, 1.165) is 13.0 Å². The van der Waals surface area contributed by atoms with Gasteiger partial charge in [0, 0.05) is 11.3 Å². The Bertz CT molecular complexity index is 649. The van der Waals surface area contributed by atoms with Crippen molar-refractivity contribution in [3.8, 4) is 6.07 Å². The highest BCUT2D eigenvalue weighted by Crippen LogP contribution is 2.33. The molecule has 0 unspecified atom stereocenters. The number of nitriles is 1. The molecule has 2 atom stereocenters. The maximum atomic E-state index is 8.84. The molecule has 102 valence electrons. The molecular weight excluding hydrogens is 272 g/mol. The van der Waals surface area contributed by atoms with Gasteiger partial charge in [0.1, 0.15) is 18.0 Å². The van der Waals surface area contributed by atoms with E-state index < -0.39 is 0 Å². The quantitative estimate of drug-likeness (QED) is 0.938. The number of fused-ring (bicyclic) bond motifs is 1. The molecule has 0 fully saturated rings. The Kier molecular flexibility index (Phi) is 3.63. The minimum absolute atomic E-state index is 0.0116. The molecule has 6 heteroatoms. The summed E-state index contributed by atoms with van der Waals surface area (Å²) in [5.41, 5.74) is 1.56. The van der Waals surface area contributed by atoms with Crippen molar-refractivity contribution in [1.82, 2.24) is 9.97 Å². The van der Waals surface area contributed by atoms with Crippen LogP contribution in [0.15, 0.2) is 23.8 Å². The van der Waals surface area contributed by atoms with Crippen LogP contribution < -0.4 is 5.32 Å². The van der Waals surface area contributed by atoms with Gasteiger partial charge in [-0.25, -0.2) is 4.98 Å². The van der Waals surface area contributed by atoms with Crippen molar-refractivity contribution >= 4 is 17.2 Å². The van der Waals surface area contributed by atoms with Crippen molar-refractivity contribution in [3.05, 3.63) is 40.0 Å². The number of anilines is 1. The number of ether oxygens (including phenoxy) is 1. The van der Waals surface area contributed by atoms with E-state index in [1.165, 1.54) is 16.6 Å². The minimum atomic E-state index is 0.0116. The molecule has 0 saturated heterocycles. The van der Waals surface area contributed by atoms with E-state index in [0.29, 0.717) is 11.5 Å². The van der Waals surface area contributed by atoms with Crippen molar-refractivity contribution < 1.29 is 4.74 Å². The van der Waals surface area contributed by atoms with Crippen LogP contribution in [-0.4, -0.2) is 22.6 Å². The number of nitrogens with one attached hydrogen (secondary N) is 1. The number of aromatic nitrogens is 2. The molecule has 0 radical (unpaired) electrons. The molecule has 0 aliphatic carbocycles. The molecule has 20 heavy (non-hydrogen) atoms. The lowest BCUT2D eigenvalue weighted by Gasteiger charge is -2.29. The van der Waals surface area contributed by atoms with E-state index in [4.69, 9.17) is 10.00 Å². The largest absolute Gasteiger partial charge is 0.371 e. The molecule has 3 rings (SSSR count). The first-order valence-corrected chi connectivity index (χ1v) is 7.32. The lowest BCUT2D eigenvalue weighted by atomic mass is 10.0. The lowest BCUT2D eigenvalue weighted by molar-refractivity contribution is 0.0339. The van der Waals surface area contributed by atoms with Gasteiger partial charge in [0.05, 0.1) is 25.0 Å². The van der Waals surface area contributed by atoms with E-state index in [1.807, 2.05) is 6.07 Å². The number of rotatable bonds is 3. The highest BCUT2D eigenvalue weighted by Gasteiger charge is 2.27. The summed E-state index contributed by atoms with van der Waals surface area (Å²) in [7, 11) is 0. The van der Waals surface area contributed by atoms with Crippen LogP contribution in [0.3, 0.4) is 0 Å². The average molecular weight is 286 g/mol. The molecule has 1 N–H and O–H groups in total. The molecule has 0 aromatic carbocycles. The number of hydrogen-bond donors (Lipinski definition) is 1. The molecule has 2 aromatic rings. The summed E-state index contributed by atoms with van der Waals surface area (Å²) in [6.07, 6.45) is 4.07. The van der Waals surface area contributed by atoms with Gasteiger partial charge in [-0.3, -0.25) is 4.98 Å². The summed E-state index contributed by atoms with van der Waals surface area (Å²) < 4.78 is 5.88. The van der Waals surface area contributed by atoms with Crippen molar-refractivity contribution in [3.63, 3.8) is 0 Å². The van der Waals surface area contributed by atoms with Gasteiger partial charge >= 0.3 is 0 Å². The number of nitrogens with zero attached hydrogens (tertiary/aromatic N) is 3. The lowest BCUT2D eigenvalue weighted by Crippen LogP contribution is -2.30. The molecule has 0 saturated carbocycles. The fraction of sp³-hybridized carbons (Fsp3) is 0.357. The summed E-state index contributed by atoms with van der Waals surface area (Å²) in [6.45, 7) is 2.80. The first-order valence-electron chi connectivity index (χ1n) is 6.44. The highest BCUT2D eigenvalue weighted by atomic mass is 32.1. The maximum Gasteiger partial charge on any atom is 0.161 e. The van der Waals surface area contributed by atoms with Gasteiger partial charge in [-0.05, 0) is 23.9 Å². The van der Waals surface area contributed by atoms with Crippen LogP contribution in [0.2, 0.25) is 0 Å².